The van der Waals surface area contributed by atoms with Gasteiger partial charge in [0.1, 0.15) is 0 Å². The van der Waals surface area contributed by atoms with Crippen molar-refractivity contribution < 1.29 is 22.7 Å². The van der Waals surface area contributed by atoms with Crippen LogP contribution >= 0.6 is 11.6 Å². The summed E-state index contributed by atoms with van der Waals surface area (Å²) in [6, 6.07) is 11.8. The summed E-state index contributed by atoms with van der Waals surface area (Å²) in [4.78, 5) is 24.5. The molecular formula is C20H22ClN3O5S. The van der Waals surface area contributed by atoms with Crippen molar-refractivity contribution in [1.82, 2.24) is 15.2 Å². The summed E-state index contributed by atoms with van der Waals surface area (Å²) in [5, 5.41) is 0.484. The molecule has 0 radical (unpaired) electrons. The molecule has 1 aliphatic rings. The molecule has 0 aromatic heterocycles. The molecule has 1 saturated heterocycles. The lowest BCUT2D eigenvalue weighted by Gasteiger charge is -2.34. The topological polar surface area (TPSA) is 105 Å². The Labute approximate surface area is 180 Å². The maximum absolute atomic E-state index is 13.0. The third-order valence-corrected chi connectivity index (χ3v) is 6.60. The van der Waals surface area contributed by atoms with E-state index in [9.17, 15) is 18.0 Å². The molecule has 8 nitrogen and oxygen atoms in total. The van der Waals surface area contributed by atoms with Crippen LogP contribution in [0, 0.1) is 0 Å². The number of carbonyl (C=O) groups excluding carboxylic acids is 2. The predicted octanol–water partition coefficient (Wildman–Crippen LogP) is 2.21. The number of hydrazine groups is 1. The van der Waals surface area contributed by atoms with Crippen LogP contribution in [-0.2, 0) is 14.8 Å². The third kappa shape index (κ3) is 5.17. The zero-order valence-corrected chi connectivity index (χ0v) is 18.0. The Hall–Kier alpha value is -2.46. The second-order valence-electron chi connectivity index (χ2n) is 7.02. The molecule has 0 unspecified atom stereocenters. The van der Waals surface area contributed by atoms with Gasteiger partial charge in [-0.05, 0) is 56.3 Å². The van der Waals surface area contributed by atoms with Crippen LogP contribution in [0.2, 0.25) is 5.02 Å². The molecule has 2 aromatic rings. The number of amides is 2. The van der Waals surface area contributed by atoms with Gasteiger partial charge in [-0.3, -0.25) is 20.4 Å². The van der Waals surface area contributed by atoms with Gasteiger partial charge in [0.2, 0.25) is 10.0 Å². The first-order valence-electron chi connectivity index (χ1n) is 9.29. The average Bonchev–Trinajstić information content (AvgIpc) is 2.71. The minimum atomic E-state index is -3.79. The van der Waals surface area contributed by atoms with E-state index in [1.165, 1.54) is 40.7 Å². The first kappa shape index (κ1) is 22.2. The number of carbonyl (C=O) groups is 2. The summed E-state index contributed by atoms with van der Waals surface area (Å²) in [7, 11) is -3.79. The van der Waals surface area contributed by atoms with E-state index in [-0.39, 0.29) is 35.8 Å². The van der Waals surface area contributed by atoms with Gasteiger partial charge in [0.05, 0.1) is 17.1 Å². The highest BCUT2D eigenvalue weighted by atomic mass is 35.5. The van der Waals surface area contributed by atoms with Gasteiger partial charge in [0, 0.05) is 29.2 Å². The summed E-state index contributed by atoms with van der Waals surface area (Å²) < 4.78 is 32.9. The van der Waals surface area contributed by atoms with Crippen LogP contribution in [0.3, 0.4) is 0 Å². The Morgan fingerprint density at radius 3 is 2.13 bits per heavy atom. The lowest BCUT2D eigenvalue weighted by atomic mass is 10.2. The minimum Gasteiger partial charge on any atom is -0.373 e. The van der Waals surface area contributed by atoms with Crippen molar-refractivity contribution in [3.63, 3.8) is 0 Å². The summed E-state index contributed by atoms with van der Waals surface area (Å²) >= 11 is 5.79. The molecule has 1 heterocycles. The van der Waals surface area contributed by atoms with Gasteiger partial charge in [0.25, 0.3) is 11.8 Å². The molecule has 0 saturated carbocycles. The highest BCUT2D eigenvalue weighted by molar-refractivity contribution is 7.89. The van der Waals surface area contributed by atoms with Gasteiger partial charge in [-0.15, -0.1) is 0 Å². The van der Waals surface area contributed by atoms with Gasteiger partial charge < -0.3 is 4.74 Å². The van der Waals surface area contributed by atoms with E-state index in [2.05, 4.69) is 10.9 Å². The number of nitrogens with zero attached hydrogens (tertiary/aromatic N) is 1. The van der Waals surface area contributed by atoms with Gasteiger partial charge in [-0.2, -0.15) is 4.31 Å². The van der Waals surface area contributed by atoms with Crippen molar-refractivity contribution in [2.75, 3.05) is 13.1 Å². The first-order chi connectivity index (χ1) is 14.2. The first-order valence-corrected chi connectivity index (χ1v) is 11.1. The second kappa shape index (κ2) is 9.13. The van der Waals surface area contributed by atoms with E-state index in [1.807, 2.05) is 13.8 Å². The van der Waals surface area contributed by atoms with E-state index >= 15 is 0 Å². The van der Waals surface area contributed by atoms with Gasteiger partial charge in [-0.25, -0.2) is 8.42 Å². The van der Waals surface area contributed by atoms with Gasteiger partial charge in [-0.1, -0.05) is 17.7 Å². The number of sulfonamides is 1. The van der Waals surface area contributed by atoms with Crippen LogP contribution in [0.5, 0.6) is 0 Å². The third-order valence-electron chi connectivity index (χ3n) is 4.52. The molecule has 0 aliphatic carbocycles. The van der Waals surface area contributed by atoms with Gasteiger partial charge >= 0.3 is 0 Å². The van der Waals surface area contributed by atoms with Crippen molar-refractivity contribution in [3.05, 3.63) is 64.7 Å². The predicted molar refractivity (Wildman–Crippen MR) is 112 cm³/mol. The smallest absolute Gasteiger partial charge is 0.269 e. The molecule has 2 atom stereocenters. The lowest BCUT2D eigenvalue weighted by Crippen LogP contribution is -2.48. The van der Waals surface area contributed by atoms with Crippen molar-refractivity contribution in [2.45, 2.75) is 31.0 Å². The average molecular weight is 452 g/mol. The number of nitrogens with one attached hydrogen (secondary N) is 2. The van der Waals surface area contributed by atoms with Crippen molar-refractivity contribution >= 4 is 33.4 Å². The lowest BCUT2D eigenvalue weighted by molar-refractivity contribution is -0.0440. The van der Waals surface area contributed by atoms with Crippen LogP contribution in [0.4, 0.5) is 0 Å². The Morgan fingerprint density at radius 1 is 0.967 bits per heavy atom. The molecular weight excluding hydrogens is 430 g/mol. The van der Waals surface area contributed by atoms with Gasteiger partial charge in [0.15, 0.2) is 0 Å². The highest BCUT2D eigenvalue weighted by Crippen LogP contribution is 2.22. The summed E-state index contributed by atoms with van der Waals surface area (Å²) in [5.41, 5.74) is 4.99. The van der Waals surface area contributed by atoms with E-state index < -0.39 is 21.8 Å². The van der Waals surface area contributed by atoms with Crippen LogP contribution in [0.15, 0.2) is 53.4 Å². The molecule has 30 heavy (non-hydrogen) atoms. The molecule has 2 amide bonds. The van der Waals surface area contributed by atoms with Crippen LogP contribution in [-0.4, -0.2) is 49.8 Å². The Balaban J connectivity index is 1.70. The zero-order valence-electron chi connectivity index (χ0n) is 16.5. The molecule has 2 N–H and O–H groups in total. The Morgan fingerprint density at radius 2 is 1.53 bits per heavy atom. The summed E-state index contributed by atoms with van der Waals surface area (Å²) in [6.45, 7) is 4.09. The van der Waals surface area contributed by atoms with E-state index in [1.54, 1.807) is 12.1 Å². The Kier molecular flexibility index (Phi) is 6.77. The van der Waals surface area contributed by atoms with Crippen LogP contribution in [0.25, 0.3) is 0 Å². The van der Waals surface area contributed by atoms with Crippen LogP contribution in [0.1, 0.15) is 34.6 Å². The van der Waals surface area contributed by atoms with Crippen molar-refractivity contribution in [3.8, 4) is 0 Å². The van der Waals surface area contributed by atoms with E-state index in [4.69, 9.17) is 16.3 Å². The largest absolute Gasteiger partial charge is 0.373 e. The van der Waals surface area contributed by atoms with E-state index in [0.717, 1.165) is 0 Å². The molecule has 10 heteroatoms. The number of hydrogen-bond donors (Lipinski definition) is 2. The summed E-state index contributed by atoms with van der Waals surface area (Å²) in [6.07, 6.45) is -0.448. The molecule has 1 aliphatic heterocycles. The SMILES string of the molecule is C[C@@H]1CN(S(=O)(=O)c2cccc(C(=O)NNC(=O)c3ccc(Cl)cc3)c2)C[C@@H](C)O1. The quantitative estimate of drug-likeness (QED) is 0.693. The molecule has 160 valence electrons. The monoisotopic (exact) mass is 451 g/mol. The second-order valence-corrected chi connectivity index (χ2v) is 9.40. The maximum atomic E-state index is 13.0. The molecule has 0 spiro atoms. The number of morpholine rings is 1. The summed E-state index contributed by atoms with van der Waals surface area (Å²) in [5.74, 6) is -1.17. The zero-order chi connectivity index (χ0) is 21.9. The fourth-order valence-electron chi connectivity index (χ4n) is 3.13. The highest BCUT2D eigenvalue weighted by Gasteiger charge is 2.32. The fraction of sp³-hybridized carbons (Fsp3) is 0.300. The number of rotatable bonds is 4. The fourth-order valence-corrected chi connectivity index (χ4v) is 4.90. The Bertz CT molecular complexity index is 1030. The standard InChI is InChI=1S/C20H22ClN3O5S/c1-13-11-24(12-14(2)29-13)30(27,28)18-5-3-4-16(10-18)20(26)23-22-19(25)15-6-8-17(21)9-7-15/h3-10,13-14H,11-12H2,1-2H3,(H,22,25)(H,23,26)/t13-,14-/m1/s1. The molecule has 0 bridgehead atoms. The van der Waals surface area contributed by atoms with Crippen molar-refractivity contribution in [1.29, 1.82) is 0 Å². The number of benzene rings is 2. The minimum absolute atomic E-state index is 0.000442. The molecule has 1 fully saturated rings. The number of ether oxygens (including phenoxy) is 1. The van der Waals surface area contributed by atoms with E-state index in [0.29, 0.717) is 10.6 Å². The molecule has 2 aromatic carbocycles. The number of halogens is 1. The number of hydrogen-bond acceptors (Lipinski definition) is 5. The van der Waals surface area contributed by atoms with Crippen molar-refractivity contribution in [2.24, 2.45) is 0 Å². The normalized spacial score (nSPS) is 19.8. The molecule has 3 rings (SSSR count). The van der Waals surface area contributed by atoms with Crippen LogP contribution < -0.4 is 10.9 Å². The maximum Gasteiger partial charge on any atom is 0.269 e.